The summed E-state index contributed by atoms with van der Waals surface area (Å²) in [5.41, 5.74) is 6.48. The number of thiazole rings is 1. The van der Waals surface area contributed by atoms with Crippen LogP contribution in [0.25, 0.3) is 0 Å². The number of rotatable bonds is 5. The van der Waals surface area contributed by atoms with E-state index in [2.05, 4.69) is 23.9 Å². The summed E-state index contributed by atoms with van der Waals surface area (Å²) in [6.07, 6.45) is 2.44. The molecule has 0 aliphatic carbocycles. The van der Waals surface area contributed by atoms with Crippen molar-refractivity contribution in [1.29, 1.82) is 0 Å². The molecule has 0 aliphatic rings. The first-order chi connectivity index (χ1) is 6.27. The number of hydrogen-bond donors (Lipinski definition) is 1. The molecule has 3 nitrogen and oxygen atoms in total. The second kappa shape index (κ2) is 5.19. The number of unbranched alkanes of at least 4 members (excludes halogenated alkanes) is 1. The molecule has 0 spiro atoms. The van der Waals surface area contributed by atoms with Gasteiger partial charge in [0.2, 0.25) is 0 Å². The van der Waals surface area contributed by atoms with Crippen LogP contribution in [0.15, 0.2) is 5.38 Å². The van der Waals surface area contributed by atoms with Crippen molar-refractivity contribution in [2.75, 3.05) is 18.5 Å². The van der Waals surface area contributed by atoms with Crippen molar-refractivity contribution < 1.29 is 0 Å². The number of hydrogen-bond acceptors (Lipinski definition) is 4. The fourth-order valence-electron chi connectivity index (χ4n) is 1.06. The summed E-state index contributed by atoms with van der Waals surface area (Å²) in [5, 5.41) is 3.10. The molecule has 0 fully saturated rings. The van der Waals surface area contributed by atoms with Crippen molar-refractivity contribution in [1.82, 2.24) is 4.98 Å². The van der Waals surface area contributed by atoms with Gasteiger partial charge in [-0.05, 0) is 6.42 Å². The summed E-state index contributed by atoms with van der Waals surface area (Å²) in [4.78, 5) is 6.59. The Bertz CT molecular complexity index is 247. The minimum atomic E-state index is 0.540. The maximum absolute atomic E-state index is 5.49. The van der Waals surface area contributed by atoms with E-state index in [9.17, 15) is 0 Å². The zero-order valence-electron chi connectivity index (χ0n) is 8.29. The average molecular weight is 199 g/mol. The van der Waals surface area contributed by atoms with Gasteiger partial charge in [0.15, 0.2) is 5.13 Å². The van der Waals surface area contributed by atoms with Gasteiger partial charge in [-0.25, -0.2) is 4.98 Å². The Morgan fingerprint density at radius 3 is 2.92 bits per heavy atom. The highest BCUT2D eigenvalue weighted by atomic mass is 32.1. The van der Waals surface area contributed by atoms with Gasteiger partial charge in [-0.15, -0.1) is 11.3 Å². The Balaban J connectivity index is 2.50. The Morgan fingerprint density at radius 1 is 1.62 bits per heavy atom. The summed E-state index contributed by atoms with van der Waals surface area (Å²) in [7, 11) is 2.08. The molecule has 0 radical (unpaired) electrons. The summed E-state index contributed by atoms with van der Waals surface area (Å²) in [5.74, 6) is 0. The zero-order valence-corrected chi connectivity index (χ0v) is 9.10. The third-order valence-electron chi connectivity index (χ3n) is 1.92. The molecule has 13 heavy (non-hydrogen) atoms. The first kappa shape index (κ1) is 10.5. The maximum Gasteiger partial charge on any atom is 0.185 e. The fraction of sp³-hybridized carbons (Fsp3) is 0.667. The van der Waals surface area contributed by atoms with Crippen molar-refractivity contribution in [3.8, 4) is 0 Å². The van der Waals surface area contributed by atoms with E-state index in [1.165, 1.54) is 12.8 Å². The van der Waals surface area contributed by atoms with E-state index < -0.39 is 0 Å². The predicted octanol–water partition coefficient (Wildman–Crippen LogP) is 1.84. The normalized spacial score (nSPS) is 10.4. The molecular formula is C9H17N3S. The Labute approximate surface area is 83.6 Å². The number of anilines is 1. The second-order valence-corrected chi connectivity index (χ2v) is 3.94. The van der Waals surface area contributed by atoms with Gasteiger partial charge >= 0.3 is 0 Å². The number of nitrogens with zero attached hydrogens (tertiary/aromatic N) is 2. The van der Waals surface area contributed by atoms with Crippen LogP contribution in [-0.4, -0.2) is 18.6 Å². The number of nitrogens with two attached hydrogens (primary N) is 1. The van der Waals surface area contributed by atoms with E-state index in [-0.39, 0.29) is 0 Å². The quantitative estimate of drug-likeness (QED) is 0.786. The summed E-state index contributed by atoms with van der Waals surface area (Å²) in [6.45, 7) is 3.81. The van der Waals surface area contributed by atoms with Gasteiger partial charge < -0.3 is 10.6 Å². The van der Waals surface area contributed by atoms with Crippen molar-refractivity contribution in [2.24, 2.45) is 5.73 Å². The standard InChI is InChI=1S/C9H17N3S/c1-3-4-5-12(2)9-11-8(6-10)7-13-9/h7H,3-6,10H2,1-2H3. The molecule has 4 heteroatoms. The van der Waals surface area contributed by atoms with Crippen LogP contribution in [0.1, 0.15) is 25.5 Å². The summed E-state index contributed by atoms with van der Waals surface area (Å²) < 4.78 is 0. The van der Waals surface area contributed by atoms with Crippen molar-refractivity contribution in [2.45, 2.75) is 26.3 Å². The van der Waals surface area contributed by atoms with Crippen LogP contribution in [0.4, 0.5) is 5.13 Å². The smallest absolute Gasteiger partial charge is 0.185 e. The molecule has 0 amide bonds. The third kappa shape index (κ3) is 2.97. The zero-order chi connectivity index (χ0) is 9.68. The van der Waals surface area contributed by atoms with Gasteiger partial charge in [0, 0.05) is 25.5 Å². The molecule has 1 aromatic heterocycles. The molecular weight excluding hydrogens is 182 g/mol. The molecule has 0 aromatic carbocycles. The lowest BCUT2D eigenvalue weighted by molar-refractivity contribution is 0.763. The Hall–Kier alpha value is -0.610. The van der Waals surface area contributed by atoms with Crippen LogP contribution in [0.5, 0.6) is 0 Å². The van der Waals surface area contributed by atoms with Gasteiger partial charge in [0.1, 0.15) is 0 Å². The molecule has 0 saturated carbocycles. The molecule has 2 N–H and O–H groups in total. The van der Waals surface area contributed by atoms with Crippen molar-refractivity contribution in [3.05, 3.63) is 11.1 Å². The average Bonchev–Trinajstić information content (AvgIpc) is 2.62. The van der Waals surface area contributed by atoms with Gasteiger partial charge in [-0.1, -0.05) is 13.3 Å². The lowest BCUT2D eigenvalue weighted by atomic mass is 10.3. The minimum Gasteiger partial charge on any atom is -0.351 e. The van der Waals surface area contributed by atoms with Gasteiger partial charge in [-0.3, -0.25) is 0 Å². The largest absolute Gasteiger partial charge is 0.351 e. The van der Waals surface area contributed by atoms with Crippen LogP contribution in [0.3, 0.4) is 0 Å². The summed E-state index contributed by atoms with van der Waals surface area (Å²) >= 11 is 1.67. The fourth-order valence-corrected chi connectivity index (χ4v) is 1.89. The Kier molecular flexibility index (Phi) is 4.18. The van der Waals surface area contributed by atoms with Crippen molar-refractivity contribution in [3.63, 3.8) is 0 Å². The minimum absolute atomic E-state index is 0.540. The second-order valence-electron chi connectivity index (χ2n) is 3.10. The highest BCUT2D eigenvalue weighted by Crippen LogP contribution is 2.19. The van der Waals surface area contributed by atoms with Crippen molar-refractivity contribution >= 4 is 16.5 Å². The molecule has 1 aromatic rings. The van der Waals surface area contributed by atoms with Gasteiger partial charge in [-0.2, -0.15) is 0 Å². The van der Waals surface area contributed by atoms with Gasteiger partial charge in [0.25, 0.3) is 0 Å². The van der Waals surface area contributed by atoms with Crippen LogP contribution in [0, 0.1) is 0 Å². The lowest BCUT2D eigenvalue weighted by Crippen LogP contribution is -2.18. The molecule has 0 unspecified atom stereocenters. The topological polar surface area (TPSA) is 42.2 Å². The van der Waals surface area contributed by atoms with E-state index in [1.807, 2.05) is 5.38 Å². The first-order valence-electron chi connectivity index (χ1n) is 4.63. The summed E-state index contributed by atoms with van der Waals surface area (Å²) in [6, 6.07) is 0. The molecule has 0 saturated heterocycles. The van der Waals surface area contributed by atoms with E-state index in [1.54, 1.807) is 11.3 Å². The Morgan fingerprint density at radius 2 is 2.38 bits per heavy atom. The van der Waals surface area contributed by atoms with Gasteiger partial charge in [0.05, 0.1) is 5.69 Å². The SMILES string of the molecule is CCCCN(C)c1nc(CN)cs1. The van der Waals surface area contributed by atoms with E-state index in [0.29, 0.717) is 6.54 Å². The molecule has 0 bridgehead atoms. The highest BCUT2D eigenvalue weighted by molar-refractivity contribution is 7.13. The lowest BCUT2D eigenvalue weighted by Gasteiger charge is -2.14. The monoisotopic (exact) mass is 199 g/mol. The van der Waals surface area contributed by atoms with Crippen LogP contribution < -0.4 is 10.6 Å². The van der Waals surface area contributed by atoms with E-state index >= 15 is 0 Å². The maximum atomic E-state index is 5.49. The molecule has 1 rings (SSSR count). The molecule has 0 atom stereocenters. The molecule has 0 aliphatic heterocycles. The molecule has 1 heterocycles. The van der Waals surface area contributed by atoms with Crippen LogP contribution >= 0.6 is 11.3 Å². The van der Waals surface area contributed by atoms with E-state index in [0.717, 1.165) is 17.4 Å². The number of aromatic nitrogens is 1. The first-order valence-corrected chi connectivity index (χ1v) is 5.51. The highest BCUT2D eigenvalue weighted by Gasteiger charge is 2.04. The predicted molar refractivity (Wildman–Crippen MR) is 58.2 cm³/mol. The van der Waals surface area contributed by atoms with E-state index in [4.69, 9.17) is 5.73 Å². The van der Waals surface area contributed by atoms with Crippen LogP contribution in [0.2, 0.25) is 0 Å². The van der Waals surface area contributed by atoms with Crippen LogP contribution in [-0.2, 0) is 6.54 Å². The molecule has 74 valence electrons. The third-order valence-corrected chi connectivity index (χ3v) is 2.93.